The van der Waals surface area contributed by atoms with Crippen LogP contribution in [-0.4, -0.2) is 93.9 Å². The van der Waals surface area contributed by atoms with Crippen molar-refractivity contribution in [2.45, 2.75) is 92.3 Å². The van der Waals surface area contributed by atoms with Crippen molar-refractivity contribution in [3.05, 3.63) is 35.9 Å². The van der Waals surface area contributed by atoms with Crippen LogP contribution in [0.4, 0.5) is 15.0 Å². The third-order valence-corrected chi connectivity index (χ3v) is 8.58. The molecule has 248 valence electrons. The van der Waals surface area contributed by atoms with Crippen LogP contribution in [-0.2, 0) is 4.74 Å². The van der Waals surface area contributed by atoms with Gasteiger partial charge in [0, 0.05) is 55.8 Å². The van der Waals surface area contributed by atoms with E-state index in [1.165, 1.54) is 24.5 Å². The molecule has 2 amide bonds. The van der Waals surface area contributed by atoms with Crippen LogP contribution in [0.15, 0.2) is 24.5 Å². The Morgan fingerprint density at radius 1 is 1.16 bits per heavy atom. The smallest absolute Gasteiger partial charge is 0.407 e. The van der Waals surface area contributed by atoms with Crippen LogP contribution in [0.25, 0.3) is 0 Å². The zero-order valence-electron chi connectivity index (χ0n) is 28.1. The highest BCUT2D eigenvalue weighted by Gasteiger charge is 2.50. The molecule has 1 N–H and O–H groups in total. The molecule has 2 aliphatic rings. The Morgan fingerprint density at radius 3 is 2.53 bits per heavy atom. The maximum Gasteiger partial charge on any atom is 0.407 e. The Kier molecular flexibility index (Phi) is 10.9. The standard InChI is InChI=1S/C33H50FN7O4/c1-9-41(23(4)5)30(42)25-17-24(34)12-13-27(25)45-29-28(35-21-36-38-29)39-15-14-33(18-39)19-40(20-33)26(22(2)3)11-10-16-44-31(43)37-32(6,7)8/h12-13,17,21-23,26H,9-11,14-16,18-20H2,1-8H3,(H,37,43)/t26-/m1/s1. The Morgan fingerprint density at radius 2 is 1.89 bits per heavy atom. The lowest BCUT2D eigenvalue weighted by Crippen LogP contribution is -2.62. The molecule has 2 saturated heterocycles. The van der Waals surface area contributed by atoms with Gasteiger partial charge in [0.1, 0.15) is 17.9 Å². The molecule has 3 heterocycles. The zero-order valence-corrected chi connectivity index (χ0v) is 28.1. The minimum atomic E-state index is -0.516. The van der Waals surface area contributed by atoms with E-state index in [-0.39, 0.29) is 46.2 Å². The van der Waals surface area contributed by atoms with Crippen molar-refractivity contribution < 1.29 is 23.5 Å². The quantitative estimate of drug-likeness (QED) is 0.304. The molecule has 2 fully saturated rings. The molecule has 0 unspecified atom stereocenters. The summed E-state index contributed by atoms with van der Waals surface area (Å²) in [6, 6.07) is 4.28. The van der Waals surface area contributed by atoms with E-state index in [1.807, 2.05) is 41.5 Å². The van der Waals surface area contributed by atoms with Gasteiger partial charge in [0.05, 0.1) is 12.2 Å². The van der Waals surface area contributed by atoms with Gasteiger partial charge < -0.3 is 24.6 Å². The minimum Gasteiger partial charge on any atom is -0.450 e. The summed E-state index contributed by atoms with van der Waals surface area (Å²) in [5.74, 6) is 0.611. The average molecular weight is 628 g/mol. The average Bonchev–Trinajstić information content (AvgIpc) is 3.38. The molecule has 45 heavy (non-hydrogen) atoms. The van der Waals surface area contributed by atoms with Crippen LogP contribution >= 0.6 is 0 Å². The number of hydrogen-bond acceptors (Lipinski definition) is 9. The van der Waals surface area contributed by atoms with Crippen LogP contribution < -0.4 is 15.0 Å². The summed E-state index contributed by atoms with van der Waals surface area (Å²) in [5, 5.41) is 11.0. The van der Waals surface area contributed by atoms with Crippen molar-refractivity contribution in [3.63, 3.8) is 0 Å². The van der Waals surface area contributed by atoms with Gasteiger partial charge in [-0.25, -0.2) is 14.2 Å². The second-order valence-electron chi connectivity index (χ2n) is 14.1. The van der Waals surface area contributed by atoms with Gasteiger partial charge in [0.25, 0.3) is 11.8 Å². The summed E-state index contributed by atoms with van der Waals surface area (Å²) in [6.45, 7) is 20.4. The van der Waals surface area contributed by atoms with Gasteiger partial charge >= 0.3 is 6.09 Å². The third-order valence-electron chi connectivity index (χ3n) is 8.58. The summed E-state index contributed by atoms with van der Waals surface area (Å²) in [6.07, 6.45) is 3.80. The number of benzene rings is 1. The van der Waals surface area contributed by atoms with E-state index in [0.717, 1.165) is 45.4 Å². The molecule has 1 aromatic heterocycles. The molecule has 12 heteroatoms. The second kappa shape index (κ2) is 14.3. The van der Waals surface area contributed by atoms with Gasteiger partial charge in [-0.15, -0.1) is 10.2 Å². The number of likely N-dealkylation sites (tertiary alicyclic amines) is 1. The number of carbonyl (C=O) groups excluding carboxylic acids is 2. The first-order valence-corrected chi connectivity index (χ1v) is 16.1. The molecular formula is C33H50FN7O4. The van der Waals surface area contributed by atoms with Crippen LogP contribution in [0.3, 0.4) is 0 Å². The van der Waals surface area contributed by atoms with Gasteiger partial charge in [-0.2, -0.15) is 0 Å². The number of amides is 2. The van der Waals surface area contributed by atoms with Crippen molar-refractivity contribution in [1.29, 1.82) is 0 Å². The fourth-order valence-corrected chi connectivity index (χ4v) is 6.46. The van der Waals surface area contributed by atoms with Crippen molar-refractivity contribution in [2.75, 3.05) is 44.2 Å². The lowest BCUT2D eigenvalue weighted by Gasteiger charge is -2.53. The number of nitrogens with one attached hydrogen (secondary N) is 1. The van der Waals surface area contributed by atoms with E-state index < -0.39 is 5.82 Å². The molecular weight excluding hydrogens is 577 g/mol. The highest BCUT2D eigenvalue weighted by molar-refractivity contribution is 5.97. The normalized spacial score (nSPS) is 17.0. The minimum absolute atomic E-state index is 0.0567. The van der Waals surface area contributed by atoms with Gasteiger partial charge in [-0.05, 0) is 84.9 Å². The van der Waals surface area contributed by atoms with Crippen molar-refractivity contribution in [2.24, 2.45) is 11.3 Å². The highest BCUT2D eigenvalue weighted by Crippen LogP contribution is 2.44. The molecule has 1 spiro atoms. The highest BCUT2D eigenvalue weighted by atomic mass is 19.1. The van der Waals surface area contributed by atoms with E-state index in [0.29, 0.717) is 30.9 Å². The summed E-state index contributed by atoms with van der Waals surface area (Å²) in [5.41, 5.74) is -0.0518. The second-order valence-corrected chi connectivity index (χ2v) is 14.1. The fourth-order valence-electron chi connectivity index (χ4n) is 6.46. The molecule has 1 aromatic carbocycles. The molecule has 0 aliphatic carbocycles. The molecule has 4 rings (SSSR count). The largest absolute Gasteiger partial charge is 0.450 e. The number of hydrogen-bond donors (Lipinski definition) is 1. The third kappa shape index (κ3) is 8.59. The summed E-state index contributed by atoms with van der Waals surface area (Å²) in [7, 11) is 0. The molecule has 2 aliphatic heterocycles. The predicted octanol–water partition coefficient (Wildman–Crippen LogP) is 5.52. The topological polar surface area (TPSA) is 113 Å². The number of anilines is 1. The van der Waals surface area contributed by atoms with Gasteiger partial charge in [0.15, 0.2) is 5.82 Å². The van der Waals surface area contributed by atoms with E-state index in [1.54, 1.807) is 4.90 Å². The number of halogens is 1. The van der Waals surface area contributed by atoms with Crippen molar-refractivity contribution >= 4 is 17.8 Å². The maximum absolute atomic E-state index is 14.3. The molecule has 0 saturated carbocycles. The van der Waals surface area contributed by atoms with Gasteiger partial charge in [-0.3, -0.25) is 9.69 Å². The first-order valence-electron chi connectivity index (χ1n) is 16.1. The van der Waals surface area contributed by atoms with Crippen LogP contribution in [0.2, 0.25) is 0 Å². The summed E-state index contributed by atoms with van der Waals surface area (Å²) in [4.78, 5) is 36.2. The van der Waals surface area contributed by atoms with E-state index >= 15 is 0 Å². The first-order chi connectivity index (χ1) is 21.2. The first kappa shape index (κ1) is 34.3. The van der Waals surface area contributed by atoms with E-state index in [9.17, 15) is 14.0 Å². The molecule has 2 aromatic rings. The number of nitrogens with zero attached hydrogens (tertiary/aromatic N) is 6. The molecule has 1 atom stereocenters. The van der Waals surface area contributed by atoms with E-state index in [4.69, 9.17) is 9.47 Å². The Bertz CT molecular complexity index is 1330. The number of alkyl carbamates (subject to hydrolysis) is 1. The van der Waals surface area contributed by atoms with Crippen LogP contribution in [0, 0.1) is 17.2 Å². The monoisotopic (exact) mass is 627 g/mol. The number of carbonyl (C=O) groups is 2. The van der Waals surface area contributed by atoms with Crippen molar-refractivity contribution in [3.8, 4) is 11.6 Å². The van der Waals surface area contributed by atoms with Crippen molar-refractivity contribution in [1.82, 2.24) is 30.3 Å². The summed E-state index contributed by atoms with van der Waals surface area (Å²) < 4.78 is 25.8. The lowest BCUT2D eigenvalue weighted by molar-refractivity contribution is -0.0351. The Labute approximate surface area is 266 Å². The predicted molar refractivity (Wildman–Crippen MR) is 171 cm³/mol. The fraction of sp³-hybridized carbons (Fsp3) is 0.667. The zero-order chi connectivity index (χ0) is 32.9. The lowest BCUT2D eigenvalue weighted by atomic mass is 9.76. The molecule has 0 radical (unpaired) electrons. The van der Waals surface area contributed by atoms with Crippen LogP contribution in [0.5, 0.6) is 11.6 Å². The number of rotatable bonds is 12. The van der Waals surface area contributed by atoms with Gasteiger partial charge in [-0.1, -0.05) is 13.8 Å². The summed E-state index contributed by atoms with van der Waals surface area (Å²) >= 11 is 0. The SMILES string of the molecule is CCN(C(=O)c1cc(F)ccc1Oc1nncnc1N1CCC2(C1)CN([C@H](CCCOC(=O)NC(C)(C)C)C(C)C)C2)C(C)C. The van der Waals surface area contributed by atoms with E-state index in [2.05, 4.69) is 44.1 Å². The van der Waals surface area contributed by atoms with Gasteiger partial charge in [0.2, 0.25) is 0 Å². The Balaban J connectivity index is 1.39. The molecule has 11 nitrogen and oxygen atoms in total. The number of aromatic nitrogens is 3. The number of ether oxygens (including phenoxy) is 2. The molecule has 0 bridgehead atoms. The maximum atomic E-state index is 14.3. The Hall–Kier alpha value is -3.54. The van der Waals surface area contributed by atoms with Crippen LogP contribution in [0.1, 0.15) is 85.0 Å².